The number of rotatable bonds is 4. The van der Waals surface area contributed by atoms with Gasteiger partial charge in [0.1, 0.15) is 0 Å². The molecular weight excluding hydrogens is 324 g/mol. The van der Waals surface area contributed by atoms with E-state index in [4.69, 9.17) is 11.6 Å². The van der Waals surface area contributed by atoms with Gasteiger partial charge in [0.2, 0.25) is 15.9 Å². The molecule has 5 nitrogen and oxygen atoms in total. The Morgan fingerprint density at radius 3 is 2.55 bits per heavy atom. The summed E-state index contributed by atoms with van der Waals surface area (Å²) in [7, 11) is -3.19. The molecule has 22 heavy (non-hydrogen) atoms. The zero-order valence-corrected chi connectivity index (χ0v) is 13.9. The lowest BCUT2D eigenvalue weighted by Crippen LogP contribution is -2.47. The largest absolute Gasteiger partial charge is 0.339 e. The number of benzene rings is 1. The first-order chi connectivity index (χ1) is 10.3. The Morgan fingerprint density at radius 2 is 2.00 bits per heavy atom. The zero-order chi connectivity index (χ0) is 15.9. The van der Waals surface area contributed by atoms with Crippen LogP contribution in [0.5, 0.6) is 0 Å². The number of carbonyl (C=O) groups is 1. The maximum Gasteiger partial charge on any atom is 0.227 e. The fourth-order valence-corrected chi connectivity index (χ4v) is 4.52. The first kappa shape index (κ1) is 15.8. The number of nitrogens with one attached hydrogen (secondary N) is 1. The number of halogens is 1. The summed E-state index contributed by atoms with van der Waals surface area (Å²) < 4.78 is 25.4. The Kier molecular flexibility index (Phi) is 4.18. The minimum absolute atomic E-state index is 0.0282. The molecule has 120 valence electrons. The van der Waals surface area contributed by atoms with E-state index in [-0.39, 0.29) is 23.9 Å². The Balaban J connectivity index is 1.60. The predicted molar refractivity (Wildman–Crippen MR) is 85.1 cm³/mol. The van der Waals surface area contributed by atoms with Gasteiger partial charge in [-0.15, -0.1) is 0 Å². The Hall–Kier alpha value is -1.11. The van der Waals surface area contributed by atoms with Gasteiger partial charge in [0.05, 0.1) is 12.7 Å². The third-order valence-corrected chi connectivity index (χ3v) is 5.48. The second-order valence-electron chi connectivity index (χ2n) is 6.23. The molecule has 2 bridgehead atoms. The van der Waals surface area contributed by atoms with Crippen molar-refractivity contribution in [3.8, 4) is 0 Å². The van der Waals surface area contributed by atoms with Crippen LogP contribution in [0.15, 0.2) is 24.3 Å². The van der Waals surface area contributed by atoms with Crippen molar-refractivity contribution in [3.05, 3.63) is 34.9 Å². The van der Waals surface area contributed by atoms with E-state index in [1.807, 2.05) is 17.0 Å². The van der Waals surface area contributed by atoms with Gasteiger partial charge in [0.25, 0.3) is 0 Å². The monoisotopic (exact) mass is 342 g/mol. The van der Waals surface area contributed by atoms with Crippen molar-refractivity contribution >= 4 is 27.5 Å². The highest BCUT2D eigenvalue weighted by atomic mass is 35.5. The lowest BCUT2D eigenvalue weighted by Gasteiger charge is -2.31. The van der Waals surface area contributed by atoms with Crippen LogP contribution in [0.3, 0.4) is 0 Å². The molecule has 1 saturated carbocycles. The molecule has 7 heteroatoms. The maximum absolute atomic E-state index is 12.4. The summed E-state index contributed by atoms with van der Waals surface area (Å²) in [6, 6.07) is 7.42. The van der Waals surface area contributed by atoms with Gasteiger partial charge in [-0.25, -0.2) is 13.1 Å². The SMILES string of the molecule is CS(=O)(=O)N[C@H]1C[C@@H]2C[C@H]1CN2C(=O)Cc1ccc(Cl)cc1. The van der Waals surface area contributed by atoms with Crippen LogP contribution < -0.4 is 4.72 Å². The summed E-state index contributed by atoms with van der Waals surface area (Å²) >= 11 is 5.84. The van der Waals surface area contributed by atoms with Gasteiger partial charge in [-0.3, -0.25) is 4.79 Å². The van der Waals surface area contributed by atoms with Gasteiger partial charge in [0, 0.05) is 23.7 Å². The van der Waals surface area contributed by atoms with Crippen LogP contribution in [0.1, 0.15) is 18.4 Å². The highest BCUT2D eigenvalue weighted by Gasteiger charge is 2.46. The molecule has 1 aliphatic heterocycles. The number of piperidine rings is 1. The van der Waals surface area contributed by atoms with Gasteiger partial charge >= 0.3 is 0 Å². The third-order valence-electron chi connectivity index (χ3n) is 4.50. The first-order valence-electron chi connectivity index (χ1n) is 7.33. The van der Waals surface area contributed by atoms with Crippen LogP contribution in [-0.4, -0.2) is 44.1 Å². The third kappa shape index (κ3) is 3.45. The van der Waals surface area contributed by atoms with Crippen molar-refractivity contribution in [2.45, 2.75) is 31.3 Å². The van der Waals surface area contributed by atoms with Crippen LogP contribution in [0.2, 0.25) is 5.02 Å². The molecule has 1 aromatic rings. The van der Waals surface area contributed by atoms with Crippen LogP contribution in [-0.2, 0) is 21.2 Å². The summed E-state index contributed by atoms with van der Waals surface area (Å²) in [5, 5.41) is 0.658. The fourth-order valence-electron chi connectivity index (χ4n) is 3.56. The number of likely N-dealkylation sites (tertiary alicyclic amines) is 1. The Morgan fingerprint density at radius 1 is 1.32 bits per heavy atom. The molecule has 0 aromatic heterocycles. The molecule has 0 spiro atoms. The van der Waals surface area contributed by atoms with Gasteiger partial charge in [-0.2, -0.15) is 0 Å². The number of carbonyl (C=O) groups excluding carboxylic acids is 1. The summed E-state index contributed by atoms with van der Waals surface area (Å²) in [6.07, 6.45) is 3.15. The molecule has 3 rings (SSSR count). The zero-order valence-electron chi connectivity index (χ0n) is 12.3. The van der Waals surface area contributed by atoms with Crippen molar-refractivity contribution in [3.63, 3.8) is 0 Å². The highest BCUT2D eigenvalue weighted by Crippen LogP contribution is 2.38. The van der Waals surface area contributed by atoms with Gasteiger partial charge in [0.15, 0.2) is 0 Å². The summed E-state index contributed by atoms with van der Waals surface area (Å²) in [6.45, 7) is 0.643. The van der Waals surface area contributed by atoms with Crippen molar-refractivity contribution < 1.29 is 13.2 Å². The minimum Gasteiger partial charge on any atom is -0.339 e. The minimum atomic E-state index is -3.19. The molecule has 1 heterocycles. The summed E-state index contributed by atoms with van der Waals surface area (Å²) in [5.41, 5.74) is 0.947. The van der Waals surface area contributed by atoms with Gasteiger partial charge in [-0.05, 0) is 36.5 Å². The molecular formula is C15H19ClN2O3S. The molecule has 1 saturated heterocycles. The summed E-state index contributed by atoms with van der Waals surface area (Å²) in [4.78, 5) is 14.3. The second-order valence-corrected chi connectivity index (χ2v) is 8.45. The molecule has 1 aromatic carbocycles. The van der Waals surface area contributed by atoms with Crippen molar-refractivity contribution in [2.75, 3.05) is 12.8 Å². The van der Waals surface area contributed by atoms with Gasteiger partial charge < -0.3 is 4.90 Å². The molecule has 2 aliphatic rings. The number of fused-ring (bicyclic) bond motifs is 2. The maximum atomic E-state index is 12.4. The van der Waals surface area contributed by atoms with E-state index in [0.717, 1.165) is 12.0 Å². The average molecular weight is 343 g/mol. The van der Waals surface area contributed by atoms with Crippen LogP contribution in [0.25, 0.3) is 0 Å². The highest BCUT2D eigenvalue weighted by molar-refractivity contribution is 7.88. The van der Waals surface area contributed by atoms with Crippen LogP contribution in [0, 0.1) is 5.92 Å². The number of hydrogen-bond acceptors (Lipinski definition) is 3. The van der Waals surface area contributed by atoms with E-state index >= 15 is 0 Å². The Labute approximate surface area is 135 Å². The number of sulfonamides is 1. The fraction of sp³-hybridized carbons (Fsp3) is 0.533. The molecule has 0 unspecified atom stereocenters. The quantitative estimate of drug-likeness (QED) is 0.900. The average Bonchev–Trinajstić information content (AvgIpc) is 2.99. The smallest absolute Gasteiger partial charge is 0.227 e. The molecule has 3 atom stereocenters. The molecule has 1 N–H and O–H groups in total. The van der Waals surface area contributed by atoms with E-state index in [1.54, 1.807) is 12.1 Å². The summed E-state index contributed by atoms with van der Waals surface area (Å²) in [5.74, 6) is 0.335. The van der Waals surface area contributed by atoms with Crippen molar-refractivity contribution in [1.82, 2.24) is 9.62 Å². The number of hydrogen-bond donors (Lipinski definition) is 1. The number of nitrogens with zero attached hydrogens (tertiary/aromatic N) is 1. The van der Waals surface area contributed by atoms with E-state index in [2.05, 4.69) is 4.72 Å². The molecule has 0 radical (unpaired) electrons. The lowest BCUT2D eigenvalue weighted by atomic mass is 10.0. The topological polar surface area (TPSA) is 66.5 Å². The predicted octanol–water partition coefficient (Wildman–Crippen LogP) is 1.42. The van der Waals surface area contributed by atoms with E-state index in [0.29, 0.717) is 24.4 Å². The Bertz CT molecular complexity index is 675. The van der Waals surface area contributed by atoms with E-state index in [9.17, 15) is 13.2 Å². The first-order valence-corrected chi connectivity index (χ1v) is 9.60. The van der Waals surface area contributed by atoms with Crippen molar-refractivity contribution in [2.24, 2.45) is 5.92 Å². The van der Waals surface area contributed by atoms with Crippen molar-refractivity contribution in [1.29, 1.82) is 0 Å². The number of amides is 1. The molecule has 1 amide bonds. The van der Waals surface area contributed by atoms with Gasteiger partial charge in [-0.1, -0.05) is 23.7 Å². The lowest BCUT2D eigenvalue weighted by molar-refractivity contribution is -0.132. The van der Waals surface area contributed by atoms with E-state index in [1.165, 1.54) is 6.26 Å². The second kappa shape index (κ2) is 5.83. The van der Waals surface area contributed by atoms with Crippen LogP contribution >= 0.6 is 11.6 Å². The molecule has 2 fully saturated rings. The molecule has 1 aliphatic carbocycles. The van der Waals surface area contributed by atoms with E-state index < -0.39 is 10.0 Å². The normalized spacial score (nSPS) is 27.4. The van der Waals surface area contributed by atoms with Crippen LogP contribution in [0.4, 0.5) is 0 Å². The standard InChI is InChI=1S/C15H19ClN2O3S/c1-22(20,21)17-14-8-13-7-11(14)9-18(13)15(19)6-10-2-4-12(16)5-3-10/h2-5,11,13-14,17H,6-9H2,1H3/t11-,13-,14-/m0/s1.